The van der Waals surface area contributed by atoms with E-state index in [1.807, 2.05) is 30.0 Å². The molecule has 1 saturated heterocycles. The number of halogens is 2. The molecule has 1 aromatic carbocycles. The predicted molar refractivity (Wildman–Crippen MR) is 87.3 cm³/mol. The van der Waals surface area contributed by atoms with Crippen molar-refractivity contribution in [3.05, 3.63) is 28.8 Å². The maximum Gasteiger partial charge on any atom is 0.238 e. The second-order valence-electron chi connectivity index (χ2n) is 5.00. The summed E-state index contributed by atoms with van der Waals surface area (Å²) in [4.78, 5) is 14.1. The summed E-state index contributed by atoms with van der Waals surface area (Å²) < 4.78 is 5.47. The molecule has 0 spiro atoms. The largest absolute Gasteiger partial charge is 0.374 e. The SMILES string of the molecule is Cc1ccc(NC(=O)CN2CCOC(CN)C2)c(Cl)c1.Cl. The molecule has 5 nitrogen and oxygen atoms in total. The van der Waals surface area contributed by atoms with Crippen molar-refractivity contribution in [2.45, 2.75) is 13.0 Å². The van der Waals surface area contributed by atoms with Crippen LogP contribution in [0, 0.1) is 6.92 Å². The quantitative estimate of drug-likeness (QED) is 0.879. The van der Waals surface area contributed by atoms with Crippen LogP contribution in [0.1, 0.15) is 5.56 Å². The number of benzene rings is 1. The zero-order valence-electron chi connectivity index (χ0n) is 12.0. The molecule has 1 aliphatic heterocycles. The lowest BCUT2D eigenvalue weighted by Crippen LogP contribution is -2.48. The van der Waals surface area contributed by atoms with Crippen LogP contribution in [0.15, 0.2) is 18.2 Å². The number of nitrogens with zero attached hydrogens (tertiary/aromatic N) is 1. The highest BCUT2D eigenvalue weighted by Crippen LogP contribution is 2.22. The standard InChI is InChI=1S/C14H20ClN3O2.ClH/c1-10-2-3-13(12(15)6-10)17-14(19)9-18-4-5-20-11(7-16)8-18;/h2-3,6,11H,4-5,7-9,16H2,1H3,(H,17,19);1H. The first-order valence-corrected chi connectivity index (χ1v) is 7.06. The van der Waals surface area contributed by atoms with Crippen LogP contribution in [0.25, 0.3) is 0 Å². The fourth-order valence-corrected chi connectivity index (χ4v) is 2.46. The highest BCUT2D eigenvalue weighted by molar-refractivity contribution is 6.33. The van der Waals surface area contributed by atoms with Gasteiger partial charge in [-0.3, -0.25) is 9.69 Å². The summed E-state index contributed by atoms with van der Waals surface area (Å²) in [5, 5.41) is 3.39. The molecule has 0 aromatic heterocycles. The summed E-state index contributed by atoms with van der Waals surface area (Å²) in [6.07, 6.45) is 0.0134. The molecule has 1 atom stereocenters. The number of hydrogen-bond donors (Lipinski definition) is 2. The van der Waals surface area contributed by atoms with E-state index < -0.39 is 0 Å². The molecule has 3 N–H and O–H groups in total. The molecule has 0 radical (unpaired) electrons. The lowest BCUT2D eigenvalue weighted by Gasteiger charge is -2.31. The molecule has 0 aliphatic carbocycles. The Morgan fingerprint density at radius 1 is 1.57 bits per heavy atom. The summed E-state index contributed by atoms with van der Waals surface area (Å²) in [7, 11) is 0. The minimum Gasteiger partial charge on any atom is -0.374 e. The number of rotatable bonds is 4. The van der Waals surface area contributed by atoms with Gasteiger partial charge in [0.2, 0.25) is 5.91 Å². The van der Waals surface area contributed by atoms with Crippen LogP contribution in [0.2, 0.25) is 5.02 Å². The number of carbonyl (C=O) groups excluding carboxylic acids is 1. The van der Waals surface area contributed by atoms with Crippen LogP contribution in [0.4, 0.5) is 5.69 Å². The summed E-state index contributed by atoms with van der Waals surface area (Å²) in [6, 6.07) is 5.56. The van der Waals surface area contributed by atoms with Gasteiger partial charge in [-0.15, -0.1) is 12.4 Å². The van der Waals surface area contributed by atoms with E-state index in [1.54, 1.807) is 0 Å². The van der Waals surface area contributed by atoms with E-state index in [-0.39, 0.29) is 24.4 Å². The molecular formula is C14H21Cl2N3O2. The zero-order valence-corrected chi connectivity index (χ0v) is 13.5. The Hall–Kier alpha value is -0.850. The number of hydrogen-bond acceptors (Lipinski definition) is 4. The summed E-state index contributed by atoms with van der Waals surface area (Å²) in [5.41, 5.74) is 7.29. The van der Waals surface area contributed by atoms with Gasteiger partial charge in [0.15, 0.2) is 0 Å². The molecule has 1 fully saturated rings. The second kappa shape index (κ2) is 8.56. The zero-order chi connectivity index (χ0) is 14.5. The number of amides is 1. The van der Waals surface area contributed by atoms with E-state index in [9.17, 15) is 4.79 Å². The number of morpholine rings is 1. The molecule has 21 heavy (non-hydrogen) atoms. The maximum absolute atomic E-state index is 12.0. The van der Waals surface area contributed by atoms with Crippen LogP contribution in [-0.2, 0) is 9.53 Å². The molecule has 0 bridgehead atoms. The molecule has 1 aromatic rings. The van der Waals surface area contributed by atoms with Gasteiger partial charge in [0.1, 0.15) is 0 Å². The Morgan fingerprint density at radius 3 is 3.00 bits per heavy atom. The van der Waals surface area contributed by atoms with Crippen LogP contribution in [-0.4, -0.2) is 49.7 Å². The Bertz CT molecular complexity index is 485. The molecule has 1 amide bonds. The monoisotopic (exact) mass is 333 g/mol. The van der Waals surface area contributed by atoms with Gasteiger partial charge < -0.3 is 15.8 Å². The van der Waals surface area contributed by atoms with Gasteiger partial charge >= 0.3 is 0 Å². The third-order valence-corrected chi connectivity index (χ3v) is 3.56. The number of nitrogens with one attached hydrogen (secondary N) is 1. The second-order valence-corrected chi connectivity index (χ2v) is 5.40. The first-order chi connectivity index (χ1) is 9.58. The van der Waals surface area contributed by atoms with Gasteiger partial charge in [-0.1, -0.05) is 17.7 Å². The third-order valence-electron chi connectivity index (χ3n) is 3.25. The average molecular weight is 334 g/mol. The van der Waals surface area contributed by atoms with Gasteiger partial charge in [0.05, 0.1) is 30.0 Å². The molecule has 1 heterocycles. The topological polar surface area (TPSA) is 67.6 Å². The van der Waals surface area contributed by atoms with Gasteiger partial charge in [-0.2, -0.15) is 0 Å². The van der Waals surface area contributed by atoms with Crippen molar-refractivity contribution < 1.29 is 9.53 Å². The Labute approximate surface area is 136 Å². The summed E-state index contributed by atoms with van der Waals surface area (Å²) >= 11 is 6.10. The van der Waals surface area contributed by atoms with Crippen molar-refractivity contribution in [1.29, 1.82) is 0 Å². The molecular weight excluding hydrogens is 313 g/mol. The molecule has 1 aliphatic rings. The molecule has 0 saturated carbocycles. The van der Waals surface area contributed by atoms with Gasteiger partial charge in [0.25, 0.3) is 0 Å². The highest BCUT2D eigenvalue weighted by Gasteiger charge is 2.21. The van der Waals surface area contributed by atoms with Crippen molar-refractivity contribution in [3.8, 4) is 0 Å². The van der Waals surface area contributed by atoms with Crippen molar-refractivity contribution in [3.63, 3.8) is 0 Å². The number of carbonyl (C=O) groups is 1. The van der Waals surface area contributed by atoms with Crippen LogP contribution in [0.5, 0.6) is 0 Å². The number of anilines is 1. The van der Waals surface area contributed by atoms with E-state index >= 15 is 0 Å². The summed E-state index contributed by atoms with van der Waals surface area (Å²) in [5.74, 6) is -0.0755. The Morgan fingerprint density at radius 2 is 2.33 bits per heavy atom. The van der Waals surface area contributed by atoms with Gasteiger partial charge in [0, 0.05) is 19.6 Å². The van der Waals surface area contributed by atoms with E-state index in [0.717, 1.165) is 12.1 Å². The fraction of sp³-hybridized carbons (Fsp3) is 0.500. The Kier molecular flexibility index (Phi) is 7.42. The van der Waals surface area contributed by atoms with Gasteiger partial charge in [-0.25, -0.2) is 0 Å². The van der Waals surface area contributed by atoms with Crippen LogP contribution < -0.4 is 11.1 Å². The number of aryl methyl sites for hydroxylation is 1. The molecule has 2 rings (SSSR count). The summed E-state index contributed by atoms with van der Waals surface area (Å²) in [6.45, 7) is 4.79. The lowest BCUT2D eigenvalue weighted by atomic mass is 10.2. The lowest BCUT2D eigenvalue weighted by molar-refractivity contribution is -0.119. The van der Waals surface area contributed by atoms with Crippen molar-refractivity contribution in [1.82, 2.24) is 4.90 Å². The van der Waals surface area contributed by atoms with E-state index in [1.165, 1.54) is 0 Å². The van der Waals surface area contributed by atoms with E-state index in [0.29, 0.717) is 37.0 Å². The van der Waals surface area contributed by atoms with E-state index in [2.05, 4.69) is 5.32 Å². The minimum atomic E-state index is -0.0755. The van der Waals surface area contributed by atoms with Crippen molar-refractivity contribution >= 4 is 35.6 Å². The van der Waals surface area contributed by atoms with E-state index in [4.69, 9.17) is 22.1 Å². The fourth-order valence-electron chi connectivity index (χ4n) is 2.18. The third kappa shape index (κ3) is 5.45. The molecule has 7 heteroatoms. The number of nitrogens with two attached hydrogens (primary N) is 1. The average Bonchev–Trinajstić information content (AvgIpc) is 2.42. The Balaban J connectivity index is 0.00000220. The smallest absolute Gasteiger partial charge is 0.238 e. The number of ether oxygens (including phenoxy) is 1. The normalized spacial score (nSPS) is 18.9. The predicted octanol–water partition coefficient (Wildman–Crippen LogP) is 1.67. The first kappa shape index (κ1) is 18.2. The van der Waals surface area contributed by atoms with Crippen molar-refractivity contribution in [2.24, 2.45) is 5.73 Å². The maximum atomic E-state index is 12.0. The first-order valence-electron chi connectivity index (χ1n) is 6.68. The molecule has 1 unspecified atom stereocenters. The minimum absolute atomic E-state index is 0. The van der Waals surface area contributed by atoms with Crippen LogP contribution >= 0.6 is 24.0 Å². The molecule has 118 valence electrons. The highest BCUT2D eigenvalue weighted by atomic mass is 35.5. The van der Waals surface area contributed by atoms with Crippen molar-refractivity contribution in [2.75, 3.05) is 38.1 Å². The van der Waals surface area contributed by atoms with Gasteiger partial charge in [-0.05, 0) is 24.6 Å². The van der Waals surface area contributed by atoms with Crippen LogP contribution in [0.3, 0.4) is 0 Å².